The number of hydrogen-bond acceptors (Lipinski definition) is 2. The normalized spacial score (nSPS) is 32.3. The molecule has 1 heterocycles. The lowest BCUT2D eigenvalue weighted by molar-refractivity contribution is -0.158. The van der Waals surface area contributed by atoms with Crippen molar-refractivity contribution in [1.82, 2.24) is 0 Å². The van der Waals surface area contributed by atoms with Gasteiger partial charge in [-0.2, -0.15) is 0 Å². The summed E-state index contributed by atoms with van der Waals surface area (Å²) in [5, 5.41) is 0. The molecule has 0 aromatic heterocycles. The summed E-state index contributed by atoms with van der Waals surface area (Å²) in [5.41, 5.74) is 0.125. The van der Waals surface area contributed by atoms with E-state index in [1.165, 1.54) is 51.4 Å². The maximum absolute atomic E-state index is 12.8. The van der Waals surface area contributed by atoms with Crippen LogP contribution in [0.4, 0.5) is 0 Å². The number of hydrogen-bond donors (Lipinski definition) is 0. The maximum Gasteiger partial charge on any atom is 0.139 e. The van der Waals surface area contributed by atoms with Crippen molar-refractivity contribution in [2.45, 2.75) is 82.7 Å². The van der Waals surface area contributed by atoms with Gasteiger partial charge in [-0.25, -0.2) is 0 Å². The molecule has 3 rings (SSSR count). The van der Waals surface area contributed by atoms with Crippen LogP contribution in [-0.4, -0.2) is 18.0 Å². The predicted octanol–water partition coefficient (Wildman–Crippen LogP) is 4.27. The minimum absolute atomic E-state index is 0.125. The number of rotatable bonds is 2. The highest BCUT2D eigenvalue weighted by Crippen LogP contribution is 2.45. The first kappa shape index (κ1) is 13.6. The molecule has 1 unspecified atom stereocenters. The number of ether oxygens (including phenoxy) is 1. The average molecular weight is 264 g/mol. The van der Waals surface area contributed by atoms with E-state index in [1.807, 2.05) is 0 Å². The fourth-order valence-corrected chi connectivity index (χ4v) is 4.26. The van der Waals surface area contributed by atoms with Gasteiger partial charge in [-0.15, -0.1) is 0 Å². The number of carbonyl (C=O) groups excluding carboxylic acids is 1. The van der Waals surface area contributed by atoms with Gasteiger partial charge in [0.15, 0.2) is 0 Å². The molecule has 0 aromatic rings. The van der Waals surface area contributed by atoms with Crippen LogP contribution in [-0.2, 0) is 9.53 Å². The van der Waals surface area contributed by atoms with Crippen molar-refractivity contribution in [3.63, 3.8) is 0 Å². The van der Waals surface area contributed by atoms with Gasteiger partial charge in [-0.1, -0.05) is 32.1 Å². The number of Topliss-reactive ketones (excluding diaryl/α,β-unsaturated/α-hetero) is 1. The van der Waals surface area contributed by atoms with Gasteiger partial charge in [0.2, 0.25) is 0 Å². The molecule has 0 radical (unpaired) electrons. The second-order valence-electron chi connectivity index (χ2n) is 7.02. The van der Waals surface area contributed by atoms with Crippen LogP contribution in [0.5, 0.6) is 0 Å². The lowest BCUT2D eigenvalue weighted by Gasteiger charge is -2.47. The molecule has 1 atom stereocenters. The van der Waals surface area contributed by atoms with Crippen LogP contribution < -0.4 is 0 Å². The highest BCUT2D eigenvalue weighted by molar-refractivity contribution is 5.83. The van der Waals surface area contributed by atoms with Crippen molar-refractivity contribution in [2.75, 3.05) is 6.61 Å². The molecule has 0 aromatic carbocycles. The average Bonchev–Trinajstić information content (AvgIpc) is 2.36. The highest BCUT2D eigenvalue weighted by Gasteiger charge is 2.45. The fourth-order valence-electron chi connectivity index (χ4n) is 4.26. The quantitative estimate of drug-likeness (QED) is 0.744. The van der Waals surface area contributed by atoms with E-state index in [2.05, 4.69) is 0 Å². The molecule has 19 heavy (non-hydrogen) atoms. The van der Waals surface area contributed by atoms with Gasteiger partial charge in [0.25, 0.3) is 0 Å². The van der Waals surface area contributed by atoms with E-state index in [0.717, 1.165) is 32.3 Å². The zero-order valence-corrected chi connectivity index (χ0v) is 12.2. The molecule has 3 aliphatic rings. The first-order valence-electron chi connectivity index (χ1n) is 8.47. The summed E-state index contributed by atoms with van der Waals surface area (Å²) in [4.78, 5) is 12.8. The summed E-state index contributed by atoms with van der Waals surface area (Å²) in [6.45, 7) is 0.823. The van der Waals surface area contributed by atoms with Crippen molar-refractivity contribution in [1.29, 1.82) is 0 Å². The minimum Gasteiger partial charge on any atom is -0.375 e. The monoisotopic (exact) mass is 264 g/mol. The molecule has 0 amide bonds. The lowest BCUT2D eigenvalue weighted by atomic mass is 9.69. The molecule has 1 saturated heterocycles. The molecular weight excluding hydrogens is 236 g/mol. The molecule has 1 aliphatic heterocycles. The Morgan fingerprint density at radius 1 is 0.842 bits per heavy atom. The molecule has 1 spiro atoms. The van der Waals surface area contributed by atoms with E-state index in [0.29, 0.717) is 17.6 Å². The standard InChI is InChI=1S/C17H28O2/c18-16(14-7-4-2-1-3-5-8-14)15-9-12-19-17(13-15)10-6-11-17/h14-15H,1-13H2. The van der Waals surface area contributed by atoms with E-state index < -0.39 is 0 Å². The van der Waals surface area contributed by atoms with Gasteiger partial charge in [0, 0.05) is 18.4 Å². The minimum atomic E-state index is 0.125. The topological polar surface area (TPSA) is 26.3 Å². The largest absolute Gasteiger partial charge is 0.375 e. The fraction of sp³-hybridized carbons (Fsp3) is 0.941. The second kappa shape index (κ2) is 5.95. The first-order chi connectivity index (χ1) is 9.29. The van der Waals surface area contributed by atoms with E-state index in [4.69, 9.17) is 4.74 Å². The summed E-state index contributed by atoms with van der Waals surface area (Å²) in [7, 11) is 0. The molecule has 0 N–H and O–H groups in total. The molecule has 3 fully saturated rings. The second-order valence-corrected chi connectivity index (χ2v) is 7.02. The van der Waals surface area contributed by atoms with E-state index in [1.54, 1.807) is 0 Å². The molecular formula is C17H28O2. The zero-order valence-electron chi connectivity index (χ0n) is 12.2. The Bertz CT molecular complexity index is 311. The Labute approximate surface area is 117 Å². The van der Waals surface area contributed by atoms with Crippen molar-refractivity contribution >= 4 is 5.78 Å². The van der Waals surface area contributed by atoms with Crippen LogP contribution >= 0.6 is 0 Å². The Morgan fingerprint density at radius 3 is 2.16 bits per heavy atom. The third kappa shape index (κ3) is 3.04. The molecule has 0 bridgehead atoms. The Morgan fingerprint density at radius 2 is 1.53 bits per heavy atom. The Balaban J connectivity index is 1.58. The maximum atomic E-state index is 12.8. The zero-order chi connectivity index (χ0) is 13.1. The SMILES string of the molecule is O=C(C1CCCCCCC1)C1CCOC2(CCC2)C1. The molecule has 108 valence electrons. The van der Waals surface area contributed by atoms with E-state index in [-0.39, 0.29) is 5.60 Å². The number of carbonyl (C=O) groups is 1. The molecule has 2 heteroatoms. The van der Waals surface area contributed by atoms with Crippen molar-refractivity contribution < 1.29 is 9.53 Å². The van der Waals surface area contributed by atoms with Crippen LogP contribution in [0.1, 0.15) is 77.0 Å². The van der Waals surface area contributed by atoms with E-state index in [9.17, 15) is 4.79 Å². The molecule has 2 aliphatic carbocycles. The smallest absolute Gasteiger partial charge is 0.139 e. The third-order valence-electron chi connectivity index (χ3n) is 5.67. The third-order valence-corrected chi connectivity index (χ3v) is 5.67. The summed E-state index contributed by atoms with van der Waals surface area (Å²) < 4.78 is 5.96. The van der Waals surface area contributed by atoms with Gasteiger partial charge in [0.05, 0.1) is 5.60 Å². The first-order valence-corrected chi connectivity index (χ1v) is 8.47. The highest BCUT2D eigenvalue weighted by atomic mass is 16.5. The van der Waals surface area contributed by atoms with Gasteiger partial charge >= 0.3 is 0 Å². The summed E-state index contributed by atoms with van der Waals surface area (Å²) in [6, 6.07) is 0. The Kier molecular flexibility index (Phi) is 4.26. The van der Waals surface area contributed by atoms with Crippen molar-refractivity contribution in [3.8, 4) is 0 Å². The van der Waals surface area contributed by atoms with Gasteiger partial charge < -0.3 is 4.74 Å². The molecule has 2 saturated carbocycles. The summed E-state index contributed by atoms with van der Waals surface area (Å²) in [5.74, 6) is 1.29. The summed E-state index contributed by atoms with van der Waals surface area (Å²) in [6.07, 6.45) is 14.6. The van der Waals surface area contributed by atoms with Crippen LogP contribution in [0.2, 0.25) is 0 Å². The van der Waals surface area contributed by atoms with Crippen LogP contribution in [0, 0.1) is 11.8 Å². The van der Waals surface area contributed by atoms with Crippen molar-refractivity contribution in [2.24, 2.45) is 11.8 Å². The van der Waals surface area contributed by atoms with Gasteiger partial charge in [0.1, 0.15) is 5.78 Å². The van der Waals surface area contributed by atoms with Gasteiger partial charge in [-0.05, 0) is 44.9 Å². The lowest BCUT2D eigenvalue weighted by Crippen LogP contribution is -2.47. The molecule has 2 nitrogen and oxygen atoms in total. The van der Waals surface area contributed by atoms with E-state index >= 15 is 0 Å². The van der Waals surface area contributed by atoms with Crippen molar-refractivity contribution in [3.05, 3.63) is 0 Å². The Hall–Kier alpha value is -0.370. The number of ketones is 1. The predicted molar refractivity (Wildman–Crippen MR) is 76.1 cm³/mol. The van der Waals surface area contributed by atoms with Crippen LogP contribution in [0.25, 0.3) is 0 Å². The summed E-state index contributed by atoms with van der Waals surface area (Å²) >= 11 is 0. The van der Waals surface area contributed by atoms with Gasteiger partial charge in [-0.3, -0.25) is 4.79 Å². The van der Waals surface area contributed by atoms with Crippen LogP contribution in [0.15, 0.2) is 0 Å². The van der Waals surface area contributed by atoms with Crippen LogP contribution in [0.3, 0.4) is 0 Å².